The Morgan fingerprint density at radius 3 is 2.87 bits per heavy atom. The van der Waals surface area contributed by atoms with Crippen LogP contribution in [0.15, 0.2) is 12.3 Å². The lowest BCUT2D eigenvalue weighted by molar-refractivity contribution is -0.0373. The molecule has 0 aliphatic rings. The molecular formula is C8H12F2N4O. The molecule has 1 rings (SSSR count). The maximum absolute atomic E-state index is 12.6. The molecule has 15 heavy (non-hydrogen) atoms. The fourth-order valence-corrected chi connectivity index (χ4v) is 0.853. The zero-order valence-corrected chi connectivity index (χ0v) is 8.17. The third-order valence-corrected chi connectivity index (χ3v) is 1.64. The van der Waals surface area contributed by atoms with Gasteiger partial charge in [-0.1, -0.05) is 0 Å². The van der Waals surface area contributed by atoms with Crippen molar-refractivity contribution in [3.63, 3.8) is 0 Å². The van der Waals surface area contributed by atoms with E-state index in [1.165, 1.54) is 12.3 Å². The van der Waals surface area contributed by atoms with Crippen LogP contribution in [0.1, 0.15) is 0 Å². The summed E-state index contributed by atoms with van der Waals surface area (Å²) in [4.78, 5) is 7.70. The first kappa shape index (κ1) is 11.6. The molecule has 0 saturated carbocycles. The normalized spacial score (nSPS) is 11.2. The van der Waals surface area contributed by atoms with E-state index in [1.54, 1.807) is 7.05 Å². The second-order valence-corrected chi connectivity index (χ2v) is 2.88. The highest BCUT2D eigenvalue weighted by molar-refractivity contribution is 5.39. The first-order valence-electron chi connectivity index (χ1n) is 4.31. The minimum atomic E-state index is -3.15. The van der Waals surface area contributed by atoms with E-state index in [1.807, 2.05) is 0 Å². The van der Waals surface area contributed by atoms with Crippen LogP contribution in [-0.2, 0) is 0 Å². The summed E-state index contributed by atoms with van der Waals surface area (Å²) in [5.41, 5.74) is 0. The van der Waals surface area contributed by atoms with Crippen LogP contribution in [0.3, 0.4) is 0 Å². The quantitative estimate of drug-likeness (QED) is 0.673. The third kappa shape index (κ3) is 3.62. The fraction of sp³-hybridized carbons (Fsp3) is 0.500. The van der Waals surface area contributed by atoms with Crippen molar-refractivity contribution in [1.82, 2.24) is 9.97 Å². The van der Waals surface area contributed by atoms with Crippen LogP contribution in [0.5, 0.6) is 0 Å². The van der Waals surface area contributed by atoms with Gasteiger partial charge in [0.25, 0.3) is 5.92 Å². The van der Waals surface area contributed by atoms with Crippen molar-refractivity contribution in [3.8, 4) is 0 Å². The average molecular weight is 218 g/mol. The summed E-state index contributed by atoms with van der Waals surface area (Å²) < 4.78 is 25.3. The van der Waals surface area contributed by atoms with Gasteiger partial charge in [-0.25, -0.2) is 13.8 Å². The molecule has 0 fully saturated rings. The number of halogens is 2. The van der Waals surface area contributed by atoms with Gasteiger partial charge in [-0.15, -0.1) is 0 Å². The van der Waals surface area contributed by atoms with E-state index in [9.17, 15) is 8.78 Å². The van der Waals surface area contributed by atoms with Gasteiger partial charge in [-0.05, 0) is 6.07 Å². The van der Waals surface area contributed by atoms with E-state index in [0.717, 1.165) is 0 Å². The molecule has 0 unspecified atom stereocenters. The lowest BCUT2D eigenvalue weighted by Gasteiger charge is -2.14. The molecule has 0 spiro atoms. The summed E-state index contributed by atoms with van der Waals surface area (Å²) in [6.45, 7) is -1.85. The van der Waals surface area contributed by atoms with Crippen molar-refractivity contribution < 1.29 is 13.9 Å². The summed E-state index contributed by atoms with van der Waals surface area (Å²) in [7, 11) is 1.63. The van der Waals surface area contributed by atoms with Gasteiger partial charge in [-0.2, -0.15) is 4.98 Å². The van der Waals surface area contributed by atoms with E-state index in [-0.39, 0.29) is 5.82 Å². The molecule has 7 heteroatoms. The SMILES string of the molecule is CNc1nccc(NCC(F)(F)CO)n1. The number of aliphatic hydroxyl groups excluding tert-OH is 1. The predicted molar refractivity (Wildman–Crippen MR) is 52.1 cm³/mol. The first-order valence-corrected chi connectivity index (χ1v) is 4.31. The van der Waals surface area contributed by atoms with Crippen LogP contribution in [0, 0.1) is 0 Å². The van der Waals surface area contributed by atoms with E-state index < -0.39 is 19.1 Å². The highest BCUT2D eigenvalue weighted by Gasteiger charge is 2.27. The molecule has 0 saturated heterocycles. The van der Waals surface area contributed by atoms with Crippen LogP contribution in [-0.4, -0.2) is 41.2 Å². The van der Waals surface area contributed by atoms with Crippen molar-refractivity contribution in [3.05, 3.63) is 12.3 Å². The van der Waals surface area contributed by atoms with Gasteiger partial charge in [0, 0.05) is 13.2 Å². The number of hydrogen-bond donors (Lipinski definition) is 3. The number of aromatic nitrogens is 2. The molecule has 0 amide bonds. The highest BCUT2D eigenvalue weighted by Crippen LogP contribution is 2.13. The first-order chi connectivity index (χ1) is 7.07. The minimum Gasteiger partial charge on any atom is -0.390 e. The molecule has 0 radical (unpaired) electrons. The third-order valence-electron chi connectivity index (χ3n) is 1.64. The Hall–Kier alpha value is -1.50. The fourth-order valence-electron chi connectivity index (χ4n) is 0.853. The monoisotopic (exact) mass is 218 g/mol. The summed E-state index contributed by atoms with van der Waals surface area (Å²) >= 11 is 0. The van der Waals surface area contributed by atoms with Gasteiger partial charge >= 0.3 is 0 Å². The molecule has 0 bridgehead atoms. The Morgan fingerprint density at radius 2 is 2.27 bits per heavy atom. The molecule has 3 N–H and O–H groups in total. The van der Waals surface area contributed by atoms with E-state index in [4.69, 9.17) is 5.11 Å². The van der Waals surface area contributed by atoms with Crippen LogP contribution < -0.4 is 10.6 Å². The molecule has 0 aliphatic heterocycles. The topological polar surface area (TPSA) is 70.1 Å². The highest BCUT2D eigenvalue weighted by atomic mass is 19.3. The number of nitrogens with one attached hydrogen (secondary N) is 2. The lowest BCUT2D eigenvalue weighted by Crippen LogP contribution is -2.31. The lowest BCUT2D eigenvalue weighted by atomic mass is 10.3. The van der Waals surface area contributed by atoms with E-state index in [2.05, 4.69) is 20.6 Å². The molecular weight excluding hydrogens is 206 g/mol. The zero-order chi connectivity index (χ0) is 11.3. The second kappa shape index (κ2) is 4.83. The zero-order valence-electron chi connectivity index (χ0n) is 8.17. The Kier molecular flexibility index (Phi) is 3.73. The number of aliphatic hydroxyl groups is 1. The molecule has 0 aliphatic carbocycles. The van der Waals surface area contributed by atoms with Gasteiger partial charge in [0.2, 0.25) is 5.95 Å². The minimum absolute atomic E-state index is 0.280. The Bertz CT molecular complexity index is 321. The standard InChI is InChI=1S/C8H12F2N4O/c1-11-7-12-3-2-6(14-7)13-4-8(9,10)5-15/h2-3,15H,4-5H2,1H3,(H2,11,12,13,14). The summed E-state index contributed by atoms with van der Waals surface area (Å²) in [6, 6.07) is 1.47. The Labute approximate surface area is 85.6 Å². The molecule has 1 heterocycles. The summed E-state index contributed by atoms with van der Waals surface area (Å²) in [5.74, 6) is -2.53. The number of alkyl halides is 2. The summed E-state index contributed by atoms with van der Waals surface area (Å²) in [5, 5.41) is 13.4. The maximum Gasteiger partial charge on any atom is 0.287 e. The second-order valence-electron chi connectivity index (χ2n) is 2.88. The average Bonchev–Trinajstić information content (AvgIpc) is 2.27. The van der Waals surface area contributed by atoms with Crippen LogP contribution in [0.4, 0.5) is 20.5 Å². The molecule has 1 aromatic rings. The van der Waals surface area contributed by atoms with Crippen molar-refractivity contribution in [2.24, 2.45) is 0 Å². The molecule has 0 aromatic carbocycles. The Morgan fingerprint density at radius 1 is 1.53 bits per heavy atom. The Balaban J connectivity index is 2.57. The smallest absolute Gasteiger partial charge is 0.287 e. The predicted octanol–water partition coefficient (Wildman–Crippen LogP) is 0.558. The van der Waals surface area contributed by atoms with Gasteiger partial charge in [-0.3, -0.25) is 0 Å². The van der Waals surface area contributed by atoms with Gasteiger partial charge < -0.3 is 15.7 Å². The van der Waals surface area contributed by atoms with Crippen molar-refractivity contribution in [2.45, 2.75) is 5.92 Å². The summed E-state index contributed by atoms with van der Waals surface area (Å²) in [6.07, 6.45) is 1.44. The van der Waals surface area contributed by atoms with Crippen LogP contribution in [0.25, 0.3) is 0 Å². The number of anilines is 2. The largest absolute Gasteiger partial charge is 0.390 e. The molecule has 84 valence electrons. The molecule has 5 nitrogen and oxygen atoms in total. The van der Waals surface area contributed by atoms with Crippen molar-refractivity contribution in [1.29, 1.82) is 0 Å². The molecule has 1 aromatic heterocycles. The van der Waals surface area contributed by atoms with Gasteiger partial charge in [0.1, 0.15) is 12.4 Å². The van der Waals surface area contributed by atoms with Gasteiger partial charge in [0.05, 0.1) is 6.54 Å². The van der Waals surface area contributed by atoms with Gasteiger partial charge in [0.15, 0.2) is 0 Å². The maximum atomic E-state index is 12.6. The van der Waals surface area contributed by atoms with Crippen LogP contribution in [0.2, 0.25) is 0 Å². The number of hydrogen-bond acceptors (Lipinski definition) is 5. The van der Waals surface area contributed by atoms with E-state index in [0.29, 0.717) is 5.95 Å². The number of nitrogens with zero attached hydrogens (tertiary/aromatic N) is 2. The van der Waals surface area contributed by atoms with E-state index >= 15 is 0 Å². The van der Waals surface area contributed by atoms with Crippen molar-refractivity contribution >= 4 is 11.8 Å². The molecule has 0 atom stereocenters. The van der Waals surface area contributed by atoms with Crippen LogP contribution >= 0.6 is 0 Å². The number of rotatable bonds is 5. The van der Waals surface area contributed by atoms with Crippen molar-refractivity contribution in [2.75, 3.05) is 30.8 Å².